The molecule has 1 aliphatic heterocycles. The van der Waals surface area contributed by atoms with Gasteiger partial charge in [-0.05, 0) is 30.9 Å². The van der Waals surface area contributed by atoms with E-state index in [4.69, 9.17) is 9.47 Å². The SMILES string of the molecule is COC(=O)c1c(NC(=O)COC(=O)CN2C(=O)c3cccc([N+](=O)[O-])c3C2=O)sc2c1CCC2. The molecule has 0 unspecified atom stereocenters. The van der Waals surface area contributed by atoms with E-state index in [-0.39, 0.29) is 11.1 Å². The first-order chi connectivity index (χ1) is 16.2. The molecule has 3 amide bonds. The summed E-state index contributed by atoms with van der Waals surface area (Å²) in [5.74, 6) is -4.23. The van der Waals surface area contributed by atoms with Gasteiger partial charge in [0.2, 0.25) is 0 Å². The number of imide groups is 1. The molecule has 1 aromatic heterocycles. The fourth-order valence-electron chi connectivity index (χ4n) is 3.91. The van der Waals surface area contributed by atoms with Crippen molar-refractivity contribution in [2.24, 2.45) is 0 Å². The molecule has 0 saturated carbocycles. The zero-order valence-electron chi connectivity index (χ0n) is 17.7. The van der Waals surface area contributed by atoms with Crippen LogP contribution in [-0.4, -0.2) is 59.7 Å². The fraction of sp³-hybridized carbons (Fsp3) is 0.286. The van der Waals surface area contributed by atoms with E-state index in [1.165, 1.54) is 30.6 Å². The minimum Gasteiger partial charge on any atom is -0.465 e. The average molecular weight is 487 g/mol. The summed E-state index contributed by atoms with van der Waals surface area (Å²) in [5.41, 5.74) is -0.0125. The van der Waals surface area contributed by atoms with Crippen LogP contribution >= 0.6 is 11.3 Å². The molecule has 13 heteroatoms. The number of carbonyl (C=O) groups is 5. The Balaban J connectivity index is 1.38. The lowest BCUT2D eigenvalue weighted by Crippen LogP contribution is -2.36. The highest BCUT2D eigenvalue weighted by Crippen LogP contribution is 2.39. The molecule has 34 heavy (non-hydrogen) atoms. The van der Waals surface area contributed by atoms with E-state index in [0.717, 1.165) is 29.3 Å². The highest BCUT2D eigenvalue weighted by Gasteiger charge is 2.42. The molecule has 0 fully saturated rings. The fourth-order valence-corrected chi connectivity index (χ4v) is 5.20. The number of methoxy groups -OCH3 is 1. The number of benzene rings is 1. The first kappa shape index (κ1) is 23.0. The molecule has 1 aromatic carbocycles. The van der Waals surface area contributed by atoms with Crippen LogP contribution in [0.25, 0.3) is 0 Å². The van der Waals surface area contributed by atoms with Gasteiger partial charge in [-0.25, -0.2) is 4.79 Å². The second-order valence-corrected chi connectivity index (χ2v) is 8.52. The van der Waals surface area contributed by atoms with Crippen LogP contribution < -0.4 is 5.32 Å². The van der Waals surface area contributed by atoms with Gasteiger partial charge in [0.25, 0.3) is 23.4 Å². The van der Waals surface area contributed by atoms with Crippen LogP contribution in [0.1, 0.15) is 47.9 Å². The summed E-state index contributed by atoms with van der Waals surface area (Å²) in [6.07, 6.45) is 2.38. The van der Waals surface area contributed by atoms with Gasteiger partial charge >= 0.3 is 11.9 Å². The summed E-state index contributed by atoms with van der Waals surface area (Å²) < 4.78 is 9.68. The third kappa shape index (κ3) is 4.01. The smallest absolute Gasteiger partial charge is 0.341 e. The Hall–Kier alpha value is -4.13. The topological polar surface area (TPSA) is 162 Å². The molecule has 0 atom stereocenters. The van der Waals surface area contributed by atoms with E-state index < -0.39 is 59.0 Å². The van der Waals surface area contributed by atoms with E-state index in [2.05, 4.69) is 5.32 Å². The van der Waals surface area contributed by atoms with Crippen molar-refractivity contribution in [1.82, 2.24) is 4.90 Å². The van der Waals surface area contributed by atoms with Gasteiger partial charge in [-0.15, -0.1) is 11.3 Å². The quantitative estimate of drug-likeness (QED) is 0.265. The van der Waals surface area contributed by atoms with E-state index in [1.54, 1.807) is 0 Å². The summed E-state index contributed by atoms with van der Waals surface area (Å²) >= 11 is 1.25. The first-order valence-corrected chi connectivity index (χ1v) is 10.9. The third-order valence-corrected chi connectivity index (χ3v) is 6.60. The Morgan fingerprint density at radius 3 is 2.68 bits per heavy atom. The molecule has 2 heterocycles. The Bertz CT molecular complexity index is 1270. The van der Waals surface area contributed by atoms with Gasteiger partial charge in [0.15, 0.2) is 6.61 Å². The van der Waals surface area contributed by atoms with Gasteiger partial charge < -0.3 is 14.8 Å². The predicted molar refractivity (Wildman–Crippen MR) is 116 cm³/mol. The molecule has 0 saturated heterocycles. The van der Waals surface area contributed by atoms with Crippen molar-refractivity contribution in [2.45, 2.75) is 19.3 Å². The Morgan fingerprint density at radius 1 is 1.21 bits per heavy atom. The number of nitrogens with one attached hydrogen (secondary N) is 1. The Morgan fingerprint density at radius 2 is 1.97 bits per heavy atom. The maximum absolute atomic E-state index is 12.5. The largest absolute Gasteiger partial charge is 0.465 e. The van der Waals surface area contributed by atoms with E-state index in [0.29, 0.717) is 16.3 Å². The van der Waals surface area contributed by atoms with Gasteiger partial charge in [0, 0.05) is 10.9 Å². The van der Waals surface area contributed by atoms with Crippen molar-refractivity contribution >= 4 is 51.7 Å². The number of anilines is 1. The van der Waals surface area contributed by atoms with E-state index in [9.17, 15) is 34.1 Å². The number of thiophene rings is 1. The van der Waals surface area contributed by atoms with Crippen molar-refractivity contribution < 1.29 is 38.4 Å². The minimum absolute atomic E-state index is 0.189. The number of fused-ring (bicyclic) bond motifs is 2. The number of esters is 2. The van der Waals surface area contributed by atoms with Crippen LogP contribution in [0.5, 0.6) is 0 Å². The molecule has 2 aromatic rings. The summed E-state index contributed by atoms with van der Waals surface area (Å²) in [6, 6.07) is 3.59. The Labute approximate surface area is 195 Å². The molecule has 2 aliphatic rings. The first-order valence-electron chi connectivity index (χ1n) is 10.0. The van der Waals surface area contributed by atoms with Crippen LogP contribution in [0.2, 0.25) is 0 Å². The van der Waals surface area contributed by atoms with Crippen LogP contribution in [0.3, 0.4) is 0 Å². The zero-order chi connectivity index (χ0) is 24.6. The van der Waals surface area contributed by atoms with Crippen LogP contribution in [0.15, 0.2) is 18.2 Å². The van der Waals surface area contributed by atoms with E-state index >= 15 is 0 Å². The molecular weight excluding hydrogens is 470 g/mol. The molecule has 0 spiro atoms. The number of nitro benzene ring substituents is 1. The number of hydrogen-bond acceptors (Lipinski definition) is 10. The third-order valence-electron chi connectivity index (χ3n) is 5.39. The van der Waals surface area contributed by atoms with Gasteiger partial charge in [0.05, 0.1) is 23.2 Å². The highest BCUT2D eigenvalue weighted by molar-refractivity contribution is 7.17. The normalized spacial score (nSPS) is 14.0. The highest BCUT2D eigenvalue weighted by atomic mass is 32.1. The number of ether oxygens (including phenoxy) is 2. The van der Waals surface area contributed by atoms with Crippen molar-refractivity contribution in [1.29, 1.82) is 0 Å². The standard InChI is InChI=1S/C21H17N3O9S/c1-32-21(29)17-10-4-3-7-13(10)34-18(17)22-14(25)9-33-15(26)8-23-19(27)11-5-2-6-12(24(30)31)16(11)20(23)28/h2,5-6H,3-4,7-9H2,1H3,(H,22,25). The predicted octanol–water partition coefficient (Wildman–Crippen LogP) is 1.71. The lowest BCUT2D eigenvalue weighted by molar-refractivity contribution is -0.385. The molecule has 176 valence electrons. The minimum atomic E-state index is -1.06. The molecular formula is C21H17N3O9S. The summed E-state index contributed by atoms with van der Waals surface area (Å²) in [4.78, 5) is 73.5. The molecule has 0 radical (unpaired) electrons. The van der Waals surface area contributed by atoms with Gasteiger partial charge in [0.1, 0.15) is 17.1 Å². The molecule has 1 N–H and O–H groups in total. The lowest BCUT2D eigenvalue weighted by Gasteiger charge is -2.13. The summed E-state index contributed by atoms with van der Waals surface area (Å²) in [7, 11) is 1.24. The van der Waals surface area contributed by atoms with E-state index in [1.807, 2.05) is 0 Å². The second kappa shape index (κ2) is 9.02. The molecule has 4 rings (SSSR count). The Kier molecular flexibility index (Phi) is 6.11. The molecule has 1 aliphatic carbocycles. The van der Waals surface area contributed by atoms with Crippen molar-refractivity contribution in [3.63, 3.8) is 0 Å². The number of rotatable bonds is 7. The van der Waals surface area contributed by atoms with Crippen LogP contribution in [-0.2, 0) is 31.9 Å². The van der Waals surface area contributed by atoms with Gasteiger partial charge in [-0.2, -0.15) is 0 Å². The maximum Gasteiger partial charge on any atom is 0.341 e. The van der Waals surface area contributed by atoms with Crippen molar-refractivity contribution in [3.05, 3.63) is 55.4 Å². The maximum atomic E-state index is 12.5. The monoisotopic (exact) mass is 487 g/mol. The van der Waals surface area contributed by atoms with Crippen molar-refractivity contribution in [2.75, 3.05) is 25.6 Å². The zero-order valence-corrected chi connectivity index (χ0v) is 18.6. The molecule has 12 nitrogen and oxygen atoms in total. The van der Waals surface area contributed by atoms with Crippen LogP contribution in [0, 0.1) is 10.1 Å². The van der Waals surface area contributed by atoms with Crippen molar-refractivity contribution in [3.8, 4) is 0 Å². The number of hydrogen-bond donors (Lipinski definition) is 1. The average Bonchev–Trinajstić information content (AvgIpc) is 3.46. The van der Waals surface area contributed by atoms with Gasteiger partial charge in [-0.3, -0.25) is 34.2 Å². The van der Waals surface area contributed by atoms with Gasteiger partial charge in [-0.1, -0.05) is 6.07 Å². The summed E-state index contributed by atoms with van der Waals surface area (Å²) in [6.45, 7) is -1.55. The number of nitrogens with zero attached hydrogens (tertiary/aromatic N) is 2. The number of amides is 3. The van der Waals surface area contributed by atoms with Crippen LogP contribution in [0.4, 0.5) is 10.7 Å². The summed E-state index contributed by atoms with van der Waals surface area (Å²) in [5, 5.41) is 14.0. The number of carbonyl (C=O) groups excluding carboxylic acids is 5. The number of aryl methyl sites for hydroxylation is 1. The second-order valence-electron chi connectivity index (χ2n) is 7.42. The number of nitro groups is 1. The molecule has 0 bridgehead atoms. The lowest BCUT2D eigenvalue weighted by atomic mass is 10.1.